The smallest absolute Gasteiger partial charge is 0.267 e. The maximum absolute atomic E-state index is 12.9. The van der Waals surface area contributed by atoms with Crippen molar-refractivity contribution in [1.29, 1.82) is 0 Å². The van der Waals surface area contributed by atoms with E-state index in [0.29, 0.717) is 4.40 Å². The third-order valence-electron chi connectivity index (χ3n) is 2.74. The van der Waals surface area contributed by atoms with Gasteiger partial charge in [0, 0.05) is 6.07 Å². The molecule has 108 valence electrons. The second-order valence-electron chi connectivity index (χ2n) is 3.98. The molecule has 0 unspecified atom stereocenters. The monoisotopic (exact) mass is 317 g/mol. The van der Waals surface area contributed by atoms with E-state index in [-0.39, 0.29) is 16.7 Å². The number of nitro groups is 1. The fourth-order valence-electron chi connectivity index (χ4n) is 1.94. The Morgan fingerprint density at radius 3 is 2.62 bits per heavy atom. The molecule has 3 rings (SSSR count). The summed E-state index contributed by atoms with van der Waals surface area (Å²) >= 11 is 5.75. The fourth-order valence-corrected chi connectivity index (χ4v) is 2.15. The maximum atomic E-state index is 12.9. The van der Waals surface area contributed by atoms with E-state index in [4.69, 9.17) is 11.6 Å². The van der Waals surface area contributed by atoms with Crippen molar-refractivity contribution in [1.82, 2.24) is 19.6 Å². The van der Waals surface area contributed by atoms with E-state index >= 15 is 0 Å². The van der Waals surface area contributed by atoms with Crippen LogP contribution in [0.2, 0.25) is 5.15 Å². The summed E-state index contributed by atoms with van der Waals surface area (Å²) in [5.74, 6) is -1.33. The highest BCUT2D eigenvalue weighted by molar-refractivity contribution is 6.32. The number of halogens is 4. The highest BCUT2D eigenvalue weighted by atomic mass is 35.5. The third-order valence-corrected chi connectivity index (χ3v) is 3.00. The average molecular weight is 318 g/mol. The van der Waals surface area contributed by atoms with Crippen molar-refractivity contribution in [2.45, 2.75) is 6.18 Å². The van der Waals surface area contributed by atoms with Crippen LogP contribution in [0, 0.1) is 10.1 Å². The normalized spacial score (nSPS) is 12.2. The summed E-state index contributed by atoms with van der Waals surface area (Å²) in [6.45, 7) is 0. The molecule has 0 aliphatic rings. The fraction of sp³-hybridized carbons (Fsp3) is 0.100. The van der Waals surface area contributed by atoms with Crippen LogP contribution in [0.3, 0.4) is 0 Å². The summed E-state index contributed by atoms with van der Waals surface area (Å²) in [4.78, 5) is 13.9. The Balaban J connectivity index is 2.56. The molecule has 2 aromatic heterocycles. The molecule has 0 saturated heterocycles. The van der Waals surface area contributed by atoms with Crippen molar-refractivity contribution >= 4 is 34.0 Å². The Hall–Kier alpha value is -2.49. The minimum absolute atomic E-state index is 0.152. The maximum Gasteiger partial charge on any atom is 0.452 e. The zero-order valence-electron chi connectivity index (χ0n) is 9.80. The Kier molecular flexibility index (Phi) is 2.73. The first-order valence-electron chi connectivity index (χ1n) is 5.35. The molecule has 21 heavy (non-hydrogen) atoms. The molecule has 3 aromatic rings. The zero-order valence-corrected chi connectivity index (χ0v) is 10.6. The van der Waals surface area contributed by atoms with Crippen molar-refractivity contribution in [3.05, 3.63) is 39.3 Å². The zero-order chi connectivity index (χ0) is 15.4. The molecule has 0 amide bonds. The van der Waals surface area contributed by atoms with Crippen LogP contribution >= 0.6 is 11.6 Å². The highest BCUT2D eigenvalue weighted by Crippen LogP contribution is 2.33. The van der Waals surface area contributed by atoms with Crippen LogP contribution in [0.5, 0.6) is 0 Å². The van der Waals surface area contributed by atoms with E-state index in [2.05, 4.69) is 15.2 Å². The van der Waals surface area contributed by atoms with Gasteiger partial charge in [0.25, 0.3) is 5.69 Å². The van der Waals surface area contributed by atoms with Crippen LogP contribution in [0.1, 0.15) is 5.82 Å². The molecule has 7 nitrogen and oxygen atoms in total. The number of benzene rings is 1. The van der Waals surface area contributed by atoms with Crippen LogP contribution in [-0.2, 0) is 6.18 Å². The molecule has 0 aliphatic heterocycles. The Morgan fingerprint density at radius 1 is 1.29 bits per heavy atom. The molecule has 0 radical (unpaired) electrons. The number of hydrogen-bond acceptors (Lipinski definition) is 5. The molecule has 0 aliphatic carbocycles. The molecule has 0 fully saturated rings. The first-order chi connectivity index (χ1) is 9.80. The molecular weight excluding hydrogens is 315 g/mol. The van der Waals surface area contributed by atoms with E-state index in [1.54, 1.807) is 0 Å². The van der Waals surface area contributed by atoms with E-state index in [0.717, 1.165) is 6.07 Å². The Morgan fingerprint density at radius 2 is 2.00 bits per heavy atom. The van der Waals surface area contributed by atoms with Crippen LogP contribution in [0.15, 0.2) is 18.2 Å². The van der Waals surface area contributed by atoms with Crippen molar-refractivity contribution in [2.75, 3.05) is 0 Å². The topological polar surface area (TPSA) is 86.2 Å². The van der Waals surface area contributed by atoms with Crippen molar-refractivity contribution in [3.63, 3.8) is 0 Å². The standard InChI is InChI=1S/C10H3ClF3N5O2/c11-7-8-16-17-9(10(12,13)14)18(8)4-2-1-3-5(19(20)21)6(4)15-7/h1-3H. The highest BCUT2D eigenvalue weighted by Gasteiger charge is 2.38. The van der Waals surface area contributed by atoms with Crippen molar-refractivity contribution in [3.8, 4) is 0 Å². The van der Waals surface area contributed by atoms with E-state index in [1.165, 1.54) is 12.1 Å². The van der Waals surface area contributed by atoms with Gasteiger partial charge in [-0.05, 0) is 6.07 Å². The molecule has 0 spiro atoms. The van der Waals surface area contributed by atoms with Gasteiger partial charge in [-0.15, -0.1) is 10.2 Å². The lowest BCUT2D eigenvalue weighted by molar-refractivity contribution is -0.383. The van der Waals surface area contributed by atoms with Crippen molar-refractivity contribution < 1.29 is 18.1 Å². The number of nitrogens with zero attached hydrogens (tertiary/aromatic N) is 5. The molecule has 0 N–H and O–H groups in total. The Bertz CT molecular complexity index is 892. The largest absolute Gasteiger partial charge is 0.452 e. The molecule has 0 bridgehead atoms. The minimum Gasteiger partial charge on any atom is -0.267 e. The number of fused-ring (bicyclic) bond motifs is 3. The van der Waals surface area contributed by atoms with Crippen LogP contribution in [-0.4, -0.2) is 24.5 Å². The van der Waals surface area contributed by atoms with Gasteiger partial charge >= 0.3 is 6.18 Å². The van der Waals surface area contributed by atoms with E-state index in [1.807, 2.05) is 0 Å². The van der Waals surface area contributed by atoms with Gasteiger partial charge in [0.1, 0.15) is 0 Å². The predicted octanol–water partition coefficient (Wildman–Crippen LogP) is 2.86. The number of nitro benzene ring substituents is 1. The lowest BCUT2D eigenvalue weighted by atomic mass is 10.2. The summed E-state index contributed by atoms with van der Waals surface area (Å²) in [6, 6.07) is 3.61. The van der Waals surface area contributed by atoms with Gasteiger partial charge in [-0.25, -0.2) is 4.98 Å². The van der Waals surface area contributed by atoms with Gasteiger partial charge in [0.05, 0.1) is 10.4 Å². The predicted molar refractivity (Wildman–Crippen MR) is 65.0 cm³/mol. The summed E-state index contributed by atoms with van der Waals surface area (Å²) < 4.78 is 39.5. The van der Waals surface area contributed by atoms with Gasteiger partial charge < -0.3 is 0 Å². The lowest BCUT2D eigenvalue weighted by Crippen LogP contribution is -2.11. The number of non-ortho nitro benzene ring substituents is 1. The first-order valence-corrected chi connectivity index (χ1v) is 5.73. The second kappa shape index (κ2) is 4.25. The van der Waals surface area contributed by atoms with Gasteiger partial charge in [-0.1, -0.05) is 17.7 Å². The first kappa shape index (κ1) is 13.5. The molecule has 0 atom stereocenters. The molecule has 0 saturated carbocycles. The molecular formula is C10H3ClF3N5O2. The number of aromatic nitrogens is 4. The Labute approximate surface area is 118 Å². The van der Waals surface area contributed by atoms with E-state index < -0.39 is 27.8 Å². The number of alkyl halides is 3. The van der Waals surface area contributed by atoms with Crippen molar-refractivity contribution in [2.24, 2.45) is 0 Å². The van der Waals surface area contributed by atoms with Crippen LogP contribution < -0.4 is 0 Å². The quantitative estimate of drug-likeness (QED) is 0.509. The number of hydrogen-bond donors (Lipinski definition) is 0. The molecule has 2 heterocycles. The summed E-state index contributed by atoms with van der Waals surface area (Å²) in [6.07, 6.45) is -4.79. The van der Waals surface area contributed by atoms with Gasteiger partial charge in [-0.2, -0.15) is 13.2 Å². The van der Waals surface area contributed by atoms with E-state index in [9.17, 15) is 23.3 Å². The SMILES string of the molecule is O=[N+]([O-])c1cccc2c1nc(Cl)c1nnc(C(F)(F)F)n12. The van der Waals surface area contributed by atoms with Crippen LogP contribution in [0.25, 0.3) is 16.7 Å². The number of para-hydroxylation sites is 1. The summed E-state index contributed by atoms with van der Waals surface area (Å²) in [7, 11) is 0. The molecule has 1 aromatic carbocycles. The summed E-state index contributed by atoms with van der Waals surface area (Å²) in [5, 5.41) is 16.9. The third kappa shape index (κ3) is 1.95. The average Bonchev–Trinajstić information content (AvgIpc) is 2.83. The summed E-state index contributed by atoms with van der Waals surface area (Å²) in [5.41, 5.74) is -1.21. The minimum atomic E-state index is -4.79. The lowest BCUT2D eigenvalue weighted by Gasteiger charge is -2.07. The van der Waals surface area contributed by atoms with Gasteiger partial charge in [-0.3, -0.25) is 14.5 Å². The molecule has 11 heteroatoms. The van der Waals surface area contributed by atoms with Crippen LogP contribution in [0.4, 0.5) is 18.9 Å². The number of rotatable bonds is 1. The van der Waals surface area contributed by atoms with Gasteiger partial charge in [0.15, 0.2) is 16.3 Å². The second-order valence-corrected chi connectivity index (χ2v) is 4.34. The van der Waals surface area contributed by atoms with Gasteiger partial charge in [0.2, 0.25) is 5.82 Å².